The number of methoxy groups -OCH3 is 1. The highest BCUT2D eigenvalue weighted by atomic mass is 16.5. The fraction of sp³-hybridized carbons (Fsp3) is 0.600. The van der Waals surface area contributed by atoms with Crippen molar-refractivity contribution >= 4 is 11.9 Å². The number of hydrogen-bond donors (Lipinski definition) is 1. The predicted molar refractivity (Wildman–Crippen MR) is 105 cm³/mol. The van der Waals surface area contributed by atoms with Crippen molar-refractivity contribution in [2.45, 2.75) is 32.4 Å². The molecule has 0 aliphatic carbocycles. The maximum absolute atomic E-state index is 11.7. The van der Waals surface area contributed by atoms with Crippen LogP contribution in [0, 0.1) is 5.92 Å². The second kappa shape index (κ2) is 10.2. The summed E-state index contributed by atoms with van der Waals surface area (Å²) in [6.45, 7) is 5.62. The van der Waals surface area contributed by atoms with Gasteiger partial charge in [-0.15, -0.1) is 0 Å². The summed E-state index contributed by atoms with van der Waals surface area (Å²) in [6.07, 6.45) is 1.63. The van der Waals surface area contributed by atoms with E-state index in [0.717, 1.165) is 45.0 Å². The number of esters is 1. The van der Waals surface area contributed by atoms with Crippen molar-refractivity contribution in [3.63, 3.8) is 0 Å². The lowest BCUT2D eigenvalue weighted by Crippen LogP contribution is -2.49. The number of piperidine rings is 1. The van der Waals surface area contributed by atoms with Crippen molar-refractivity contribution in [1.82, 2.24) is 15.1 Å². The van der Waals surface area contributed by atoms with Gasteiger partial charge in [-0.05, 0) is 32.4 Å². The van der Waals surface area contributed by atoms with Gasteiger partial charge in [0.2, 0.25) is 0 Å². The van der Waals surface area contributed by atoms with Gasteiger partial charge < -0.3 is 15.0 Å². The number of rotatable bonds is 6. The van der Waals surface area contributed by atoms with E-state index in [0.29, 0.717) is 6.04 Å². The van der Waals surface area contributed by atoms with Crippen molar-refractivity contribution in [3.8, 4) is 0 Å². The van der Waals surface area contributed by atoms with Crippen LogP contribution in [0.3, 0.4) is 0 Å². The molecule has 0 saturated carbocycles. The Bertz CT molecular complexity index is 583. The number of nitrogens with one attached hydrogen (secondary N) is 1. The van der Waals surface area contributed by atoms with Gasteiger partial charge in [-0.1, -0.05) is 30.3 Å². The highest BCUT2D eigenvalue weighted by molar-refractivity contribution is 5.80. The first-order chi connectivity index (χ1) is 12.5. The topological polar surface area (TPSA) is 57.2 Å². The SMILES string of the molecule is CN=C(NCC(C)N(C)Cc1ccccc1)N1CCC(C(=O)OC)CC1. The molecule has 1 heterocycles. The number of likely N-dealkylation sites (tertiary alicyclic amines) is 1. The van der Waals surface area contributed by atoms with E-state index in [-0.39, 0.29) is 11.9 Å². The maximum Gasteiger partial charge on any atom is 0.308 e. The molecule has 6 nitrogen and oxygen atoms in total. The third-order valence-electron chi connectivity index (χ3n) is 5.12. The van der Waals surface area contributed by atoms with Gasteiger partial charge in [0.25, 0.3) is 0 Å². The zero-order chi connectivity index (χ0) is 18.9. The van der Waals surface area contributed by atoms with Gasteiger partial charge in [0, 0.05) is 39.3 Å². The summed E-state index contributed by atoms with van der Waals surface area (Å²) >= 11 is 0. The van der Waals surface area contributed by atoms with Crippen molar-refractivity contribution < 1.29 is 9.53 Å². The molecule has 0 amide bonds. The molecule has 1 saturated heterocycles. The lowest BCUT2D eigenvalue weighted by molar-refractivity contribution is -0.146. The normalized spacial score (nSPS) is 17.3. The van der Waals surface area contributed by atoms with Crippen LogP contribution in [0.15, 0.2) is 35.3 Å². The largest absolute Gasteiger partial charge is 0.469 e. The van der Waals surface area contributed by atoms with Crippen LogP contribution in [0.2, 0.25) is 0 Å². The number of carbonyl (C=O) groups excluding carboxylic acids is 1. The minimum absolute atomic E-state index is 0.0188. The summed E-state index contributed by atoms with van der Waals surface area (Å²) < 4.78 is 4.86. The van der Waals surface area contributed by atoms with E-state index in [9.17, 15) is 4.79 Å². The molecule has 2 rings (SSSR count). The Morgan fingerprint density at radius 1 is 1.35 bits per heavy atom. The molecule has 1 aliphatic rings. The molecule has 0 aromatic heterocycles. The van der Waals surface area contributed by atoms with Gasteiger partial charge in [0.15, 0.2) is 5.96 Å². The average molecular weight is 361 g/mol. The van der Waals surface area contributed by atoms with Crippen LogP contribution >= 0.6 is 0 Å². The van der Waals surface area contributed by atoms with Crippen molar-refractivity contribution in [3.05, 3.63) is 35.9 Å². The number of hydrogen-bond acceptors (Lipinski definition) is 4. The summed E-state index contributed by atoms with van der Waals surface area (Å²) in [5, 5.41) is 3.48. The molecular formula is C20H32N4O2. The van der Waals surface area contributed by atoms with Crippen LogP contribution < -0.4 is 5.32 Å². The lowest BCUT2D eigenvalue weighted by atomic mass is 9.97. The molecule has 1 aromatic rings. The van der Waals surface area contributed by atoms with E-state index in [1.54, 1.807) is 0 Å². The first-order valence-corrected chi connectivity index (χ1v) is 9.32. The van der Waals surface area contributed by atoms with Crippen LogP contribution in [0.25, 0.3) is 0 Å². The Balaban J connectivity index is 1.78. The zero-order valence-electron chi connectivity index (χ0n) is 16.4. The zero-order valence-corrected chi connectivity index (χ0v) is 16.4. The molecule has 1 fully saturated rings. The number of carbonyl (C=O) groups is 1. The predicted octanol–water partition coefficient (Wildman–Crippen LogP) is 1.97. The van der Waals surface area contributed by atoms with Gasteiger partial charge in [0.05, 0.1) is 13.0 Å². The summed E-state index contributed by atoms with van der Waals surface area (Å²) in [7, 11) is 5.42. The quantitative estimate of drug-likeness (QED) is 0.477. The molecule has 0 radical (unpaired) electrons. The standard InChI is InChI=1S/C20H32N4O2/c1-16(23(3)15-17-8-6-5-7-9-17)14-22-20(21-2)24-12-10-18(11-13-24)19(25)26-4/h5-9,16,18H,10-15H2,1-4H3,(H,21,22). The van der Waals surface area contributed by atoms with E-state index in [4.69, 9.17) is 4.74 Å². The fourth-order valence-electron chi connectivity index (χ4n) is 3.25. The Kier molecular flexibility index (Phi) is 7.91. The summed E-state index contributed by atoms with van der Waals surface area (Å²) in [4.78, 5) is 20.6. The number of aliphatic imine (C=N–C) groups is 1. The molecular weight excluding hydrogens is 328 g/mol. The summed E-state index contributed by atoms with van der Waals surface area (Å²) in [6, 6.07) is 10.9. The molecule has 26 heavy (non-hydrogen) atoms. The van der Waals surface area contributed by atoms with E-state index in [1.165, 1.54) is 12.7 Å². The van der Waals surface area contributed by atoms with E-state index in [1.807, 2.05) is 13.1 Å². The maximum atomic E-state index is 11.7. The van der Waals surface area contributed by atoms with E-state index in [2.05, 4.69) is 58.3 Å². The Hall–Kier alpha value is -2.08. The van der Waals surface area contributed by atoms with Crippen molar-refractivity contribution in [2.24, 2.45) is 10.9 Å². The number of nitrogens with zero attached hydrogens (tertiary/aromatic N) is 3. The molecule has 1 aromatic carbocycles. The number of ether oxygens (including phenoxy) is 1. The van der Waals surface area contributed by atoms with Crippen LogP contribution in [-0.2, 0) is 16.1 Å². The van der Waals surface area contributed by atoms with E-state index >= 15 is 0 Å². The Morgan fingerprint density at radius 2 is 2.00 bits per heavy atom. The second-order valence-corrected chi connectivity index (χ2v) is 6.96. The smallest absolute Gasteiger partial charge is 0.308 e. The third-order valence-corrected chi connectivity index (χ3v) is 5.12. The number of guanidine groups is 1. The molecule has 1 aliphatic heterocycles. The summed E-state index contributed by atoms with van der Waals surface area (Å²) in [5.41, 5.74) is 1.32. The number of benzene rings is 1. The first kappa shape index (κ1) is 20.2. The highest BCUT2D eigenvalue weighted by Gasteiger charge is 2.27. The third kappa shape index (κ3) is 5.73. The molecule has 1 atom stereocenters. The first-order valence-electron chi connectivity index (χ1n) is 9.32. The monoisotopic (exact) mass is 360 g/mol. The molecule has 0 bridgehead atoms. The molecule has 144 valence electrons. The molecule has 6 heteroatoms. The van der Waals surface area contributed by atoms with Crippen molar-refractivity contribution in [2.75, 3.05) is 40.8 Å². The Morgan fingerprint density at radius 3 is 2.58 bits per heavy atom. The van der Waals surface area contributed by atoms with Crippen LogP contribution in [0.5, 0.6) is 0 Å². The average Bonchev–Trinajstić information content (AvgIpc) is 2.68. The molecule has 1 unspecified atom stereocenters. The fourth-order valence-corrected chi connectivity index (χ4v) is 3.25. The highest BCUT2D eigenvalue weighted by Crippen LogP contribution is 2.18. The Labute approximate surface area is 157 Å². The lowest BCUT2D eigenvalue weighted by Gasteiger charge is -2.34. The minimum Gasteiger partial charge on any atom is -0.469 e. The van der Waals surface area contributed by atoms with Gasteiger partial charge in [0.1, 0.15) is 0 Å². The van der Waals surface area contributed by atoms with Crippen LogP contribution in [-0.4, -0.2) is 68.6 Å². The number of likely N-dealkylation sites (N-methyl/N-ethyl adjacent to an activating group) is 1. The summed E-state index contributed by atoms with van der Waals surface area (Å²) in [5.74, 6) is 0.835. The van der Waals surface area contributed by atoms with Gasteiger partial charge >= 0.3 is 5.97 Å². The molecule has 0 spiro atoms. The van der Waals surface area contributed by atoms with E-state index < -0.39 is 0 Å². The molecule has 1 N–H and O–H groups in total. The van der Waals surface area contributed by atoms with Crippen molar-refractivity contribution in [1.29, 1.82) is 0 Å². The van der Waals surface area contributed by atoms with Gasteiger partial charge in [-0.2, -0.15) is 0 Å². The van der Waals surface area contributed by atoms with Gasteiger partial charge in [-0.3, -0.25) is 14.7 Å². The van der Waals surface area contributed by atoms with Gasteiger partial charge in [-0.25, -0.2) is 0 Å². The second-order valence-electron chi connectivity index (χ2n) is 6.96. The van der Waals surface area contributed by atoms with Crippen LogP contribution in [0.1, 0.15) is 25.3 Å². The minimum atomic E-state index is -0.0937. The van der Waals surface area contributed by atoms with Crippen LogP contribution in [0.4, 0.5) is 0 Å².